The molecule has 2 atom stereocenters. The quantitative estimate of drug-likeness (QED) is 0.778. The molecule has 2 unspecified atom stereocenters. The molecule has 3 rings (SSSR count). The topological polar surface area (TPSA) is 52.7 Å². The Bertz CT molecular complexity index is 826. The van der Waals surface area contributed by atoms with Crippen molar-refractivity contribution in [1.29, 1.82) is 0 Å². The van der Waals surface area contributed by atoms with Gasteiger partial charge in [0.2, 0.25) is 11.8 Å². The fraction of sp³-hybridized carbons (Fsp3) is 0.364. The minimum absolute atomic E-state index is 0.0271. The summed E-state index contributed by atoms with van der Waals surface area (Å²) in [5.74, 6) is -0.368. The van der Waals surface area contributed by atoms with Gasteiger partial charge in [0.05, 0.1) is 12.0 Å². The third-order valence-corrected chi connectivity index (χ3v) is 5.50. The van der Waals surface area contributed by atoms with Crippen molar-refractivity contribution < 1.29 is 9.59 Å². The minimum atomic E-state index is -0.315. The summed E-state index contributed by atoms with van der Waals surface area (Å²) in [6.45, 7) is 1.45. The Morgan fingerprint density at radius 2 is 1.86 bits per heavy atom. The molecule has 28 heavy (non-hydrogen) atoms. The minimum Gasteiger partial charge on any atom is -0.354 e. The highest BCUT2D eigenvalue weighted by Crippen LogP contribution is 2.26. The number of halogens is 1. The van der Waals surface area contributed by atoms with Crippen LogP contribution in [0.15, 0.2) is 54.6 Å². The molecular weight excluding hydrogens is 374 g/mol. The zero-order chi connectivity index (χ0) is 20.1. The molecule has 2 amide bonds. The zero-order valence-corrected chi connectivity index (χ0v) is 17.0. The van der Waals surface area contributed by atoms with Crippen LogP contribution in [-0.4, -0.2) is 48.8 Å². The van der Waals surface area contributed by atoms with Gasteiger partial charge in [-0.1, -0.05) is 60.1 Å². The molecule has 6 heteroatoms. The molecule has 5 nitrogen and oxygen atoms in total. The predicted octanol–water partition coefficient (Wildman–Crippen LogP) is 3.11. The van der Waals surface area contributed by atoms with Crippen molar-refractivity contribution in [3.8, 4) is 0 Å². The van der Waals surface area contributed by atoms with Crippen LogP contribution in [0.4, 0.5) is 0 Å². The van der Waals surface area contributed by atoms with Crippen LogP contribution in [0.5, 0.6) is 0 Å². The first-order valence-electron chi connectivity index (χ1n) is 9.46. The van der Waals surface area contributed by atoms with Gasteiger partial charge in [0.15, 0.2) is 0 Å². The molecule has 2 aromatic rings. The van der Waals surface area contributed by atoms with E-state index in [1.54, 1.807) is 4.90 Å². The van der Waals surface area contributed by atoms with Gasteiger partial charge in [-0.05, 0) is 31.3 Å². The summed E-state index contributed by atoms with van der Waals surface area (Å²) in [7, 11) is 3.92. The molecule has 0 bridgehead atoms. The van der Waals surface area contributed by atoms with Gasteiger partial charge in [0.1, 0.15) is 0 Å². The second kappa shape index (κ2) is 9.22. The van der Waals surface area contributed by atoms with Gasteiger partial charge < -0.3 is 15.1 Å². The second-order valence-corrected chi connectivity index (χ2v) is 7.81. The van der Waals surface area contributed by atoms with Crippen LogP contribution in [0.25, 0.3) is 0 Å². The van der Waals surface area contributed by atoms with Gasteiger partial charge in [-0.25, -0.2) is 0 Å². The van der Waals surface area contributed by atoms with Crippen molar-refractivity contribution in [1.82, 2.24) is 15.1 Å². The summed E-state index contributed by atoms with van der Waals surface area (Å²) >= 11 is 6.33. The fourth-order valence-electron chi connectivity index (χ4n) is 3.56. The fourth-order valence-corrected chi connectivity index (χ4v) is 3.82. The molecule has 2 aromatic carbocycles. The molecule has 1 aliphatic rings. The molecule has 0 radical (unpaired) electrons. The number of carbonyl (C=O) groups excluding carboxylic acids is 2. The van der Waals surface area contributed by atoms with Crippen LogP contribution in [0.3, 0.4) is 0 Å². The van der Waals surface area contributed by atoms with E-state index >= 15 is 0 Å². The number of nitrogens with zero attached hydrogens (tertiary/aromatic N) is 2. The lowest BCUT2D eigenvalue weighted by Gasteiger charge is -2.26. The van der Waals surface area contributed by atoms with E-state index in [9.17, 15) is 9.59 Å². The molecule has 0 aliphatic carbocycles. The predicted molar refractivity (Wildman–Crippen MR) is 111 cm³/mol. The number of amides is 2. The number of likely N-dealkylation sites (N-methyl/N-ethyl adjacent to an activating group) is 1. The first kappa shape index (κ1) is 20.4. The number of hydrogen-bond donors (Lipinski definition) is 1. The van der Waals surface area contributed by atoms with Gasteiger partial charge in [-0.2, -0.15) is 0 Å². The molecule has 0 spiro atoms. The molecule has 1 N–H and O–H groups in total. The Balaban J connectivity index is 1.58. The maximum Gasteiger partial charge on any atom is 0.225 e. The monoisotopic (exact) mass is 399 g/mol. The van der Waals surface area contributed by atoms with Crippen molar-refractivity contribution in [3.05, 3.63) is 70.7 Å². The highest BCUT2D eigenvalue weighted by molar-refractivity contribution is 6.31. The average molecular weight is 400 g/mol. The number of benzene rings is 2. The SMILES string of the molecule is CN(C)C(CNC(=O)C1CC(=O)N(Cc2ccccc2)C1)c1ccccc1Cl. The molecule has 1 saturated heterocycles. The Kier molecular flexibility index (Phi) is 6.70. The number of hydrogen-bond acceptors (Lipinski definition) is 3. The van der Waals surface area contributed by atoms with E-state index in [2.05, 4.69) is 5.32 Å². The van der Waals surface area contributed by atoms with Crippen LogP contribution in [-0.2, 0) is 16.1 Å². The largest absolute Gasteiger partial charge is 0.354 e. The lowest BCUT2D eigenvalue weighted by atomic mass is 10.0. The molecule has 1 fully saturated rings. The highest BCUT2D eigenvalue weighted by atomic mass is 35.5. The summed E-state index contributed by atoms with van der Waals surface area (Å²) in [5, 5.41) is 3.70. The highest BCUT2D eigenvalue weighted by Gasteiger charge is 2.34. The summed E-state index contributed by atoms with van der Waals surface area (Å²) in [5.41, 5.74) is 2.05. The van der Waals surface area contributed by atoms with Crippen molar-refractivity contribution >= 4 is 23.4 Å². The number of carbonyl (C=O) groups is 2. The van der Waals surface area contributed by atoms with Gasteiger partial charge in [-0.3, -0.25) is 9.59 Å². The first-order chi connectivity index (χ1) is 13.5. The van der Waals surface area contributed by atoms with Crippen LogP contribution in [0.2, 0.25) is 5.02 Å². The lowest BCUT2D eigenvalue weighted by molar-refractivity contribution is -0.129. The maximum absolute atomic E-state index is 12.7. The van der Waals surface area contributed by atoms with E-state index in [1.807, 2.05) is 73.6 Å². The van der Waals surface area contributed by atoms with E-state index < -0.39 is 0 Å². The standard InChI is InChI=1S/C22H26ClN3O2/c1-25(2)20(18-10-6-7-11-19(18)23)13-24-22(28)17-12-21(27)26(15-17)14-16-8-4-3-5-9-16/h3-11,17,20H,12-15H2,1-2H3,(H,24,28). The van der Waals surface area contributed by atoms with E-state index in [-0.39, 0.29) is 30.2 Å². The van der Waals surface area contributed by atoms with E-state index in [1.165, 1.54) is 0 Å². The van der Waals surface area contributed by atoms with Crippen LogP contribution in [0.1, 0.15) is 23.6 Å². The summed E-state index contributed by atoms with van der Waals surface area (Å²) < 4.78 is 0. The third-order valence-electron chi connectivity index (χ3n) is 5.16. The normalized spacial score (nSPS) is 17.8. The zero-order valence-electron chi connectivity index (χ0n) is 16.3. The Morgan fingerprint density at radius 1 is 1.18 bits per heavy atom. The Hall–Kier alpha value is -2.37. The van der Waals surface area contributed by atoms with Gasteiger partial charge >= 0.3 is 0 Å². The summed E-state index contributed by atoms with van der Waals surface area (Å²) in [6.07, 6.45) is 0.261. The van der Waals surface area contributed by atoms with Crippen molar-refractivity contribution in [2.24, 2.45) is 5.92 Å². The Labute approximate surface area is 171 Å². The third kappa shape index (κ3) is 4.91. The van der Waals surface area contributed by atoms with Gasteiger partial charge in [0, 0.05) is 31.1 Å². The van der Waals surface area contributed by atoms with Crippen molar-refractivity contribution in [2.45, 2.75) is 19.0 Å². The molecule has 1 heterocycles. The molecule has 1 aliphatic heterocycles. The molecular formula is C22H26ClN3O2. The molecule has 0 aromatic heterocycles. The second-order valence-electron chi connectivity index (χ2n) is 7.41. The number of nitrogens with one attached hydrogen (secondary N) is 1. The van der Waals surface area contributed by atoms with Crippen molar-refractivity contribution in [2.75, 3.05) is 27.2 Å². The summed E-state index contributed by atoms with van der Waals surface area (Å²) in [4.78, 5) is 28.8. The van der Waals surface area contributed by atoms with E-state index in [4.69, 9.17) is 11.6 Å². The molecule has 0 saturated carbocycles. The van der Waals surface area contributed by atoms with Crippen molar-refractivity contribution in [3.63, 3.8) is 0 Å². The molecule has 148 valence electrons. The summed E-state index contributed by atoms with van der Waals surface area (Å²) in [6, 6.07) is 17.5. The van der Waals surface area contributed by atoms with Crippen LogP contribution in [0, 0.1) is 5.92 Å². The smallest absolute Gasteiger partial charge is 0.225 e. The van der Waals surface area contributed by atoms with E-state index in [0.29, 0.717) is 24.7 Å². The Morgan fingerprint density at radius 3 is 2.54 bits per heavy atom. The number of rotatable bonds is 7. The van der Waals surface area contributed by atoms with Gasteiger partial charge in [-0.15, -0.1) is 0 Å². The first-order valence-corrected chi connectivity index (χ1v) is 9.83. The van der Waals surface area contributed by atoms with Crippen LogP contribution < -0.4 is 5.32 Å². The van der Waals surface area contributed by atoms with E-state index in [0.717, 1.165) is 11.1 Å². The maximum atomic E-state index is 12.7. The van der Waals surface area contributed by atoms with Gasteiger partial charge in [0.25, 0.3) is 0 Å². The van der Waals surface area contributed by atoms with Crippen LogP contribution >= 0.6 is 11.6 Å². The lowest BCUT2D eigenvalue weighted by Crippen LogP contribution is -2.38. The average Bonchev–Trinajstić information content (AvgIpc) is 3.04. The number of likely N-dealkylation sites (tertiary alicyclic amines) is 1.